The zero-order chi connectivity index (χ0) is 18.1. The molecule has 0 spiro atoms. The van der Waals surface area contributed by atoms with Crippen molar-refractivity contribution in [3.8, 4) is 5.75 Å². The minimum Gasteiger partial charge on any atom is -0.489 e. The van der Waals surface area contributed by atoms with Gasteiger partial charge in [0.15, 0.2) is 0 Å². The minimum atomic E-state index is -0.366. The predicted molar refractivity (Wildman–Crippen MR) is 97.3 cm³/mol. The lowest BCUT2D eigenvalue weighted by atomic mass is 10.1. The van der Waals surface area contributed by atoms with E-state index < -0.39 is 0 Å². The van der Waals surface area contributed by atoms with Crippen molar-refractivity contribution in [3.05, 3.63) is 48.4 Å². The third kappa shape index (κ3) is 3.05. The molecule has 136 valence electrons. The smallest absolute Gasteiger partial charge is 0.325 e. The number of hydrogen-bond acceptors (Lipinski definition) is 4. The van der Waals surface area contributed by atoms with Gasteiger partial charge >= 0.3 is 6.03 Å². The van der Waals surface area contributed by atoms with Gasteiger partial charge in [-0.05, 0) is 31.2 Å². The summed E-state index contributed by atoms with van der Waals surface area (Å²) in [6.45, 7) is 5.01. The van der Waals surface area contributed by atoms with Crippen molar-refractivity contribution in [3.63, 3.8) is 0 Å². The molecule has 4 rings (SSSR count). The molecule has 0 radical (unpaired) electrons. The van der Waals surface area contributed by atoms with Crippen LogP contribution in [0.2, 0.25) is 0 Å². The molecule has 26 heavy (non-hydrogen) atoms. The van der Waals surface area contributed by atoms with Crippen LogP contribution < -0.4 is 14.5 Å². The molecular formula is C19H21FN4O2. The van der Waals surface area contributed by atoms with Crippen LogP contribution >= 0.6 is 0 Å². The third-order valence-electron chi connectivity index (χ3n) is 4.83. The Bertz CT molecular complexity index is 793. The predicted octanol–water partition coefficient (Wildman–Crippen LogP) is 2.75. The van der Waals surface area contributed by atoms with E-state index >= 15 is 0 Å². The Kier molecular flexibility index (Phi) is 4.36. The summed E-state index contributed by atoms with van der Waals surface area (Å²) >= 11 is 0. The van der Waals surface area contributed by atoms with Crippen molar-refractivity contribution in [2.24, 2.45) is 0 Å². The first-order valence-corrected chi connectivity index (χ1v) is 8.80. The number of hydrogen-bond donors (Lipinski definition) is 0. The van der Waals surface area contributed by atoms with Crippen LogP contribution in [0, 0.1) is 5.82 Å². The topological polar surface area (TPSA) is 48.9 Å². The van der Waals surface area contributed by atoms with Crippen molar-refractivity contribution < 1.29 is 13.9 Å². The molecule has 0 N–H and O–H groups in total. The summed E-state index contributed by atoms with van der Waals surface area (Å²) in [6, 6.07) is 9.98. The van der Waals surface area contributed by atoms with Crippen molar-refractivity contribution in [2.45, 2.75) is 13.0 Å². The van der Waals surface area contributed by atoms with Crippen LogP contribution in [0.3, 0.4) is 0 Å². The van der Waals surface area contributed by atoms with Gasteiger partial charge in [-0.2, -0.15) is 0 Å². The monoisotopic (exact) mass is 356 g/mol. The summed E-state index contributed by atoms with van der Waals surface area (Å²) in [5.41, 5.74) is 0.627. The summed E-state index contributed by atoms with van der Waals surface area (Å²) in [5, 5.41) is 0. The van der Waals surface area contributed by atoms with Crippen LogP contribution in [0.15, 0.2) is 42.6 Å². The number of nitrogens with zero attached hydrogens (tertiary/aromatic N) is 4. The van der Waals surface area contributed by atoms with Crippen molar-refractivity contribution in [1.82, 2.24) is 9.88 Å². The first-order valence-electron chi connectivity index (χ1n) is 8.80. The fourth-order valence-electron chi connectivity index (χ4n) is 3.44. The number of rotatable bonds is 1. The molecule has 2 aliphatic rings. The van der Waals surface area contributed by atoms with E-state index in [4.69, 9.17) is 4.74 Å². The largest absolute Gasteiger partial charge is 0.489 e. The van der Waals surface area contributed by atoms with Crippen LogP contribution in [0.4, 0.5) is 20.7 Å². The lowest BCUT2D eigenvalue weighted by molar-refractivity contribution is 0.190. The number of fused-ring (bicyclic) bond motifs is 1. The van der Waals surface area contributed by atoms with Crippen LogP contribution in [0.1, 0.15) is 6.92 Å². The maximum Gasteiger partial charge on any atom is 0.325 e. The Labute approximate surface area is 151 Å². The number of anilines is 2. The van der Waals surface area contributed by atoms with Gasteiger partial charge in [0.05, 0.1) is 11.7 Å². The second-order valence-corrected chi connectivity index (χ2v) is 6.59. The zero-order valence-electron chi connectivity index (χ0n) is 14.6. The van der Waals surface area contributed by atoms with E-state index in [0.717, 1.165) is 18.9 Å². The van der Waals surface area contributed by atoms with E-state index in [1.807, 2.05) is 30.0 Å². The molecule has 6 nitrogen and oxygen atoms in total. The second-order valence-electron chi connectivity index (χ2n) is 6.59. The SMILES string of the molecule is CC1COc2cc(F)ccc2N1C(=O)N1CCN(c2ccccn2)CC1. The Morgan fingerprint density at radius 2 is 2.00 bits per heavy atom. The lowest BCUT2D eigenvalue weighted by Crippen LogP contribution is -2.56. The van der Waals surface area contributed by atoms with Gasteiger partial charge in [0.1, 0.15) is 24.0 Å². The van der Waals surface area contributed by atoms with Gasteiger partial charge in [-0.1, -0.05) is 6.07 Å². The Balaban J connectivity index is 1.49. The number of piperazine rings is 1. The highest BCUT2D eigenvalue weighted by Crippen LogP contribution is 2.35. The number of carbonyl (C=O) groups excluding carboxylic acids is 1. The molecule has 1 saturated heterocycles. The maximum absolute atomic E-state index is 13.5. The fraction of sp³-hybridized carbons (Fsp3) is 0.368. The Morgan fingerprint density at radius 3 is 2.73 bits per heavy atom. The quantitative estimate of drug-likeness (QED) is 0.788. The number of urea groups is 1. The highest BCUT2D eigenvalue weighted by Gasteiger charge is 2.34. The average Bonchev–Trinajstić information content (AvgIpc) is 2.68. The summed E-state index contributed by atoms with van der Waals surface area (Å²) in [7, 11) is 0. The summed E-state index contributed by atoms with van der Waals surface area (Å²) in [5.74, 6) is 0.985. The van der Waals surface area contributed by atoms with Gasteiger partial charge < -0.3 is 14.5 Å². The standard InChI is InChI=1S/C19H21FN4O2/c1-14-13-26-17-12-15(20)5-6-16(17)24(14)19(25)23-10-8-22(9-11-23)18-4-2-3-7-21-18/h2-7,12,14H,8-11,13H2,1H3. The van der Waals surface area contributed by atoms with Crippen LogP contribution in [0.5, 0.6) is 5.75 Å². The van der Waals surface area contributed by atoms with Gasteiger partial charge in [-0.25, -0.2) is 14.2 Å². The number of benzene rings is 1. The normalized spacial score (nSPS) is 19.8. The number of aromatic nitrogens is 1. The summed E-state index contributed by atoms with van der Waals surface area (Å²) in [6.07, 6.45) is 1.78. The lowest BCUT2D eigenvalue weighted by Gasteiger charge is -2.41. The zero-order valence-corrected chi connectivity index (χ0v) is 14.6. The fourth-order valence-corrected chi connectivity index (χ4v) is 3.44. The van der Waals surface area contributed by atoms with E-state index in [-0.39, 0.29) is 17.9 Å². The number of pyridine rings is 1. The number of carbonyl (C=O) groups is 1. The third-order valence-corrected chi connectivity index (χ3v) is 4.83. The maximum atomic E-state index is 13.5. The van der Waals surface area contributed by atoms with Gasteiger partial charge in [-0.3, -0.25) is 4.90 Å². The molecule has 0 saturated carbocycles. The molecule has 1 fully saturated rings. The molecule has 1 aromatic carbocycles. The molecule has 2 aromatic rings. The molecule has 3 heterocycles. The molecule has 1 unspecified atom stereocenters. The Morgan fingerprint density at radius 1 is 1.19 bits per heavy atom. The molecule has 2 amide bonds. The first-order chi connectivity index (χ1) is 12.6. The Hall–Kier alpha value is -2.83. The van der Waals surface area contributed by atoms with Crippen LogP contribution in [-0.2, 0) is 0 Å². The number of amides is 2. The van der Waals surface area contributed by atoms with E-state index in [2.05, 4.69) is 9.88 Å². The first kappa shape index (κ1) is 16.6. The molecule has 0 aliphatic carbocycles. The van der Waals surface area contributed by atoms with Crippen molar-refractivity contribution in [2.75, 3.05) is 42.6 Å². The summed E-state index contributed by atoms with van der Waals surface area (Å²) in [4.78, 5) is 23.2. The molecule has 0 bridgehead atoms. The van der Waals surface area contributed by atoms with Gasteiger partial charge in [0, 0.05) is 38.4 Å². The van der Waals surface area contributed by atoms with E-state index in [1.54, 1.807) is 17.2 Å². The second kappa shape index (κ2) is 6.82. The van der Waals surface area contributed by atoms with Crippen LogP contribution in [0.25, 0.3) is 0 Å². The van der Waals surface area contributed by atoms with E-state index in [0.29, 0.717) is 31.1 Å². The number of halogens is 1. The molecule has 2 aliphatic heterocycles. The molecular weight excluding hydrogens is 335 g/mol. The van der Waals surface area contributed by atoms with Crippen LogP contribution in [-0.4, -0.2) is 54.7 Å². The van der Waals surface area contributed by atoms with Gasteiger partial charge in [-0.15, -0.1) is 0 Å². The highest BCUT2D eigenvalue weighted by molar-refractivity contribution is 5.94. The van der Waals surface area contributed by atoms with E-state index in [1.165, 1.54) is 12.1 Å². The summed E-state index contributed by atoms with van der Waals surface area (Å²) < 4.78 is 19.1. The molecule has 1 aromatic heterocycles. The molecule has 7 heteroatoms. The minimum absolute atomic E-state index is 0.0608. The van der Waals surface area contributed by atoms with Crippen molar-refractivity contribution in [1.29, 1.82) is 0 Å². The van der Waals surface area contributed by atoms with Gasteiger partial charge in [0.2, 0.25) is 0 Å². The van der Waals surface area contributed by atoms with E-state index in [9.17, 15) is 9.18 Å². The molecule has 1 atom stereocenters. The highest BCUT2D eigenvalue weighted by atomic mass is 19.1. The van der Waals surface area contributed by atoms with Gasteiger partial charge in [0.25, 0.3) is 0 Å². The number of ether oxygens (including phenoxy) is 1. The van der Waals surface area contributed by atoms with Crippen molar-refractivity contribution >= 4 is 17.5 Å². The average molecular weight is 356 g/mol.